The van der Waals surface area contributed by atoms with E-state index < -0.39 is 0 Å². The normalized spacial score (nSPS) is 11.0. The Morgan fingerprint density at radius 1 is 1.25 bits per heavy atom. The zero-order chi connectivity index (χ0) is 17.5. The van der Waals surface area contributed by atoms with Gasteiger partial charge in [-0.25, -0.2) is 4.98 Å². The minimum atomic E-state index is 0.124. The molecule has 1 amide bonds. The Kier molecular flexibility index (Phi) is 6.82. The average molecular weight is 349 g/mol. The molecule has 2 rings (SSSR count). The van der Waals surface area contributed by atoms with Crippen molar-refractivity contribution >= 4 is 17.5 Å². The summed E-state index contributed by atoms with van der Waals surface area (Å²) in [6.07, 6.45) is 2.76. The van der Waals surface area contributed by atoms with Crippen molar-refractivity contribution in [2.45, 2.75) is 26.3 Å². The summed E-state index contributed by atoms with van der Waals surface area (Å²) >= 11 is 6.18. The van der Waals surface area contributed by atoms with E-state index in [1.165, 1.54) is 0 Å². The highest BCUT2D eigenvalue weighted by atomic mass is 35.5. The molecule has 1 aromatic heterocycles. The maximum Gasteiger partial charge on any atom is 0.223 e. The minimum absolute atomic E-state index is 0.124. The molecule has 6 heteroatoms. The Morgan fingerprint density at radius 2 is 2.00 bits per heavy atom. The number of hydrogen-bond acceptors (Lipinski definition) is 3. The number of amides is 1. The van der Waals surface area contributed by atoms with Gasteiger partial charge in [0, 0.05) is 30.2 Å². The first-order valence-electron chi connectivity index (χ1n) is 8.12. The number of rotatable bonds is 8. The number of likely N-dealkylation sites (N-methyl/N-ethyl adjacent to an activating group) is 1. The summed E-state index contributed by atoms with van der Waals surface area (Å²) in [5, 5.41) is 0.716. The molecule has 0 fully saturated rings. The summed E-state index contributed by atoms with van der Waals surface area (Å²) in [6, 6.07) is 7.68. The highest BCUT2D eigenvalue weighted by molar-refractivity contribution is 6.31. The third-order valence-corrected chi connectivity index (χ3v) is 4.38. The number of benzene rings is 1. The van der Waals surface area contributed by atoms with Crippen LogP contribution in [0.3, 0.4) is 0 Å². The molecule has 130 valence electrons. The molecule has 0 spiro atoms. The first-order chi connectivity index (χ1) is 11.5. The summed E-state index contributed by atoms with van der Waals surface area (Å²) in [6.45, 7) is 4.01. The number of hydrogen-bond donors (Lipinski definition) is 1. The fourth-order valence-corrected chi connectivity index (χ4v) is 2.67. The fourth-order valence-electron chi connectivity index (χ4n) is 2.44. The van der Waals surface area contributed by atoms with Gasteiger partial charge in [-0.3, -0.25) is 4.79 Å². The van der Waals surface area contributed by atoms with Crippen molar-refractivity contribution in [2.75, 3.05) is 27.2 Å². The van der Waals surface area contributed by atoms with Gasteiger partial charge in [0.2, 0.25) is 5.91 Å². The molecular weight excluding hydrogens is 324 g/mol. The molecule has 24 heavy (non-hydrogen) atoms. The second-order valence-corrected chi connectivity index (χ2v) is 6.59. The summed E-state index contributed by atoms with van der Waals surface area (Å²) in [5.41, 5.74) is 2.93. The zero-order valence-corrected chi connectivity index (χ0v) is 15.3. The summed E-state index contributed by atoms with van der Waals surface area (Å²) in [7, 11) is 4.01. The molecule has 0 saturated heterocycles. The first kappa shape index (κ1) is 18.5. The highest BCUT2D eigenvalue weighted by Gasteiger charge is 2.17. The van der Waals surface area contributed by atoms with Crippen LogP contribution in [-0.4, -0.2) is 52.9 Å². The van der Waals surface area contributed by atoms with Crippen molar-refractivity contribution in [2.24, 2.45) is 0 Å². The van der Waals surface area contributed by atoms with Crippen LogP contribution in [0, 0.1) is 6.92 Å². The first-order valence-corrected chi connectivity index (χ1v) is 8.50. The van der Waals surface area contributed by atoms with E-state index in [0.29, 0.717) is 31.0 Å². The lowest BCUT2D eigenvalue weighted by molar-refractivity contribution is -0.132. The predicted molar refractivity (Wildman–Crippen MR) is 97.1 cm³/mol. The molecule has 0 aliphatic carbocycles. The van der Waals surface area contributed by atoms with Gasteiger partial charge in [-0.15, -0.1) is 0 Å². The molecule has 0 radical (unpaired) electrons. The van der Waals surface area contributed by atoms with Gasteiger partial charge in [0.05, 0.1) is 18.6 Å². The van der Waals surface area contributed by atoms with Crippen molar-refractivity contribution in [3.8, 4) is 0 Å². The summed E-state index contributed by atoms with van der Waals surface area (Å²) in [5.74, 6) is 0.124. The molecule has 2 aromatic rings. The third-order valence-electron chi connectivity index (χ3n) is 4.01. The lowest BCUT2D eigenvalue weighted by atomic mass is 10.1. The van der Waals surface area contributed by atoms with E-state index in [9.17, 15) is 4.79 Å². The number of carbonyl (C=O) groups excluding carboxylic acids is 1. The zero-order valence-electron chi connectivity index (χ0n) is 14.6. The van der Waals surface area contributed by atoms with Gasteiger partial charge in [-0.05, 0) is 39.1 Å². The predicted octanol–water partition coefficient (Wildman–Crippen LogP) is 2.89. The Hall–Kier alpha value is -1.85. The fraction of sp³-hybridized carbons (Fsp3) is 0.444. The molecule has 0 aliphatic heterocycles. The van der Waals surface area contributed by atoms with Crippen LogP contribution in [-0.2, 0) is 17.8 Å². The molecule has 0 atom stereocenters. The molecule has 0 unspecified atom stereocenters. The maximum atomic E-state index is 12.7. The number of aromatic amines is 1. The lowest BCUT2D eigenvalue weighted by Gasteiger charge is -2.24. The summed E-state index contributed by atoms with van der Waals surface area (Å²) in [4.78, 5) is 24.0. The quantitative estimate of drug-likeness (QED) is 0.798. The van der Waals surface area contributed by atoms with Gasteiger partial charge in [0.25, 0.3) is 0 Å². The number of imidazole rings is 1. The van der Waals surface area contributed by atoms with Crippen molar-refractivity contribution in [1.82, 2.24) is 19.8 Å². The molecule has 5 nitrogen and oxygen atoms in total. The Morgan fingerprint density at radius 3 is 2.62 bits per heavy atom. The van der Waals surface area contributed by atoms with Crippen molar-refractivity contribution in [3.63, 3.8) is 0 Å². The smallest absolute Gasteiger partial charge is 0.223 e. The monoisotopic (exact) mass is 348 g/mol. The van der Waals surface area contributed by atoms with Gasteiger partial charge >= 0.3 is 0 Å². The SMILES string of the molecule is Cc1[nH]cnc1CN(CCN(C)C)C(=O)CCc1ccccc1Cl. The van der Waals surface area contributed by atoms with E-state index in [1.54, 1.807) is 6.33 Å². The van der Waals surface area contributed by atoms with Gasteiger partial charge in [0.15, 0.2) is 0 Å². The Labute approximate surface area is 148 Å². The maximum absolute atomic E-state index is 12.7. The number of carbonyl (C=O) groups is 1. The average Bonchev–Trinajstić information content (AvgIpc) is 2.95. The number of nitrogens with zero attached hydrogens (tertiary/aromatic N) is 3. The van der Waals surface area contributed by atoms with Crippen LogP contribution in [0.5, 0.6) is 0 Å². The van der Waals surface area contributed by atoms with Gasteiger partial charge in [-0.2, -0.15) is 0 Å². The van der Waals surface area contributed by atoms with E-state index in [-0.39, 0.29) is 5.91 Å². The van der Waals surface area contributed by atoms with Crippen LogP contribution in [0.1, 0.15) is 23.4 Å². The van der Waals surface area contributed by atoms with Crippen LogP contribution < -0.4 is 0 Å². The van der Waals surface area contributed by atoms with E-state index in [2.05, 4.69) is 14.9 Å². The van der Waals surface area contributed by atoms with Crippen LogP contribution in [0.15, 0.2) is 30.6 Å². The Bertz CT molecular complexity index is 669. The molecule has 0 bridgehead atoms. The largest absolute Gasteiger partial charge is 0.348 e. The van der Waals surface area contributed by atoms with E-state index in [4.69, 9.17) is 11.6 Å². The van der Waals surface area contributed by atoms with E-state index >= 15 is 0 Å². The highest BCUT2D eigenvalue weighted by Crippen LogP contribution is 2.17. The van der Waals surface area contributed by atoms with Crippen molar-refractivity contribution < 1.29 is 4.79 Å². The minimum Gasteiger partial charge on any atom is -0.348 e. The number of halogens is 1. The van der Waals surface area contributed by atoms with Crippen molar-refractivity contribution in [1.29, 1.82) is 0 Å². The molecular formula is C18H25ClN4O. The molecule has 0 saturated carbocycles. The molecule has 1 aromatic carbocycles. The number of H-pyrrole nitrogens is 1. The van der Waals surface area contributed by atoms with Gasteiger partial charge in [0.1, 0.15) is 0 Å². The number of nitrogens with one attached hydrogen (secondary N) is 1. The number of aryl methyl sites for hydroxylation is 2. The third kappa shape index (κ3) is 5.35. The van der Waals surface area contributed by atoms with Gasteiger partial charge < -0.3 is 14.8 Å². The number of aromatic nitrogens is 2. The van der Waals surface area contributed by atoms with E-state index in [0.717, 1.165) is 23.5 Å². The molecule has 1 N–H and O–H groups in total. The van der Waals surface area contributed by atoms with Crippen molar-refractivity contribution in [3.05, 3.63) is 52.6 Å². The van der Waals surface area contributed by atoms with Crippen LogP contribution in [0.2, 0.25) is 5.02 Å². The van der Waals surface area contributed by atoms with Gasteiger partial charge in [-0.1, -0.05) is 29.8 Å². The van der Waals surface area contributed by atoms with Crippen LogP contribution in [0.4, 0.5) is 0 Å². The Balaban J connectivity index is 2.00. The second kappa shape index (κ2) is 8.85. The van der Waals surface area contributed by atoms with Crippen LogP contribution in [0.25, 0.3) is 0 Å². The van der Waals surface area contributed by atoms with Crippen LogP contribution >= 0.6 is 11.6 Å². The standard InChI is InChI=1S/C18H25ClN4O/c1-14-17(21-13-20-14)12-23(11-10-22(2)3)18(24)9-8-15-6-4-5-7-16(15)19/h4-7,13H,8-12H2,1-3H3,(H,20,21). The summed E-state index contributed by atoms with van der Waals surface area (Å²) < 4.78 is 0. The molecule has 0 aliphatic rings. The second-order valence-electron chi connectivity index (χ2n) is 6.18. The topological polar surface area (TPSA) is 52.2 Å². The lowest BCUT2D eigenvalue weighted by Crippen LogP contribution is -2.36. The van der Waals surface area contributed by atoms with E-state index in [1.807, 2.05) is 50.2 Å². The molecule has 1 heterocycles.